The van der Waals surface area contributed by atoms with E-state index in [0.29, 0.717) is 0 Å². The lowest BCUT2D eigenvalue weighted by Crippen LogP contribution is -2.36. The monoisotopic (exact) mass is 353 g/mol. The number of ether oxygens (including phenoxy) is 1. The molecule has 0 atom stereocenters. The number of aryl methyl sites for hydroxylation is 1. The average molecular weight is 354 g/mol. The lowest BCUT2D eigenvalue weighted by molar-refractivity contribution is 0.301. The smallest absolute Gasteiger partial charge is 0.119 e. The summed E-state index contributed by atoms with van der Waals surface area (Å²) in [7, 11) is 0. The van der Waals surface area contributed by atoms with Gasteiger partial charge in [-0.05, 0) is 88.5 Å². The van der Waals surface area contributed by atoms with Gasteiger partial charge in [-0.1, -0.05) is 19.1 Å². The van der Waals surface area contributed by atoms with Crippen molar-refractivity contribution >= 4 is 11.4 Å². The predicted octanol–water partition coefficient (Wildman–Crippen LogP) is 6.21. The zero-order valence-electron chi connectivity index (χ0n) is 16.5. The van der Waals surface area contributed by atoms with E-state index in [9.17, 15) is 0 Å². The molecule has 4 heteroatoms. The number of benzene rings is 2. The van der Waals surface area contributed by atoms with Crippen LogP contribution in [0.15, 0.2) is 58.8 Å². The van der Waals surface area contributed by atoms with Crippen molar-refractivity contribution < 1.29 is 4.74 Å². The second-order valence-electron chi connectivity index (χ2n) is 7.45. The van der Waals surface area contributed by atoms with Gasteiger partial charge >= 0.3 is 0 Å². The van der Waals surface area contributed by atoms with E-state index in [4.69, 9.17) is 4.74 Å². The molecule has 0 fully saturated rings. The maximum Gasteiger partial charge on any atom is 0.119 e. The van der Waals surface area contributed by atoms with Gasteiger partial charge in [0.1, 0.15) is 5.75 Å². The fraction of sp³-hybridized carbons (Fsp3) is 0.455. The van der Waals surface area contributed by atoms with Crippen LogP contribution in [0, 0.1) is 0 Å². The number of azo groups is 1. The Balaban J connectivity index is 1.72. The van der Waals surface area contributed by atoms with Gasteiger partial charge in [-0.2, -0.15) is 10.2 Å². The molecule has 1 N–H and O–H groups in total. The molecule has 0 amide bonds. The maximum absolute atomic E-state index is 5.78. The van der Waals surface area contributed by atoms with Crippen molar-refractivity contribution in [1.29, 1.82) is 0 Å². The molecule has 0 unspecified atom stereocenters. The summed E-state index contributed by atoms with van der Waals surface area (Å²) in [4.78, 5) is 0. The van der Waals surface area contributed by atoms with Crippen molar-refractivity contribution in [3.8, 4) is 5.75 Å². The van der Waals surface area contributed by atoms with E-state index < -0.39 is 0 Å². The molecule has 0 heterocycles. The molecule has 0 aliphatic rings. The highest BCUT2D eigenvalue weighted by molar-refractivity contribution is 5.43. The molecule has 26 heavy (non-hydrogen) atoms. The summed E-state index contributed by atoms with van der Waals surface area (Å²) >= 11 is 0. The van der Waals surface area contributed by atoms with Crippen molar-refractivity contribution in [3.63, 3.8) is 0 Å². The summed E-state index contributed by atoms with van der Waals surface area (Å²) < 4.78 is 5.78. The average Bonchev–Trinajstić information content (AvgIpc) is 2.63. The first kappa shape index (κ1) is 20.1. The molecule has 2 aromatic carbocycles. The van der Waals surface area contributed by atoms with Crippen molar-refractivity contribution in [2.45, 2.75) is 52.5 Å². The minimum Gasteiger partial charge on any atom is -0.494 e. The molecule has 2 rings (SSSR count). The van der Waals surface area contributed by atoms with Gasteiger partial charge in [0.2, 0.25) is 0 Å². The Morgan fingerprint density at radius 2 is 1.42 bits per heavy atom. The van der Waals surface area contributed by atoms with E-state index >= 15 is 0 Å². The molecule has 0 aromatic heterocycles. The van der Waals surface area contributed by atoms with Crippen LogP contribution in [-0.4, -0.2) is 18.7 Å². The minimum absolute atomic E-state index is 0.184. The van der Waals surface area contributed by atoms with Crippen LogP contribution in [-0.2, 0) is 6.42 Å². The Morgan fingerprint density at radius 1 is 0.846 bits per heavy atom. The molecule has 0 spiro atoms. The van der Waals surface area contributed by atoms with E-state index in [1.807, 2.05) is 36.4 Å². The van der Waals surface area contributed by atoms with E-state index in [0.717, 1.165) is 49.5 Å². The number of hydrogen-bond acceptors (Lipinski definition) is 4. The fourth-order valence-corrected chi connectivity index (χ4v) is 2.40. The van der Waals surface area contributed by atoms with Crippen molar-refractivity contribution in [1.82, 2.24) is 5.32 Å². The summed E-state index contributed by atoms with van der Waals surface area (Å²) in [6, 6.07) is 15.9. The third kappa shape index (κ3) is 7.79. The van der Waals surface area contributed by atoms with Crippen LogP contribution in [0.2, 0.25) is 0 Å². The van der Waals surface area contributed by atoms with Crippen molar-refractivity contribution in [3.05, 3.63) is 54.1 Å². The van der Waals surface area contributed by atoms with Crippen LogP contribution in [0.5, 0.6) is 5.75 Å². The molecule has 0 saturated heterocycles. The summed E-state index contributed by atoms with van der Waals surface area (Å²) in [6.07, 6.45) is 3.19. The molecule has 140 valence electrons. The Hall–Kier alpha value is -2.20. The number of nitrogens with zero attached hydrogens (tertiary/aromatic N) is 2. The van der Waals surface area contributed by atoms with Gasteiger partial charge in [-0.25, -0.2) is 0 Å². The van der Waals surface area contributed by atoms with Gasteiger partial charge in [0.05, 0.1) is 18.0 Å². The normalized spacial score (nSPS) is 11.8. The van der Waals surface area contributed by atoms with Gasteiger partial charge in [-0.15, -0.1) is 0 Å². The molecule has 4 nitrogen and oxygen atoms in total. The summed E-state index contributed by atoms with van der Waals surface area (Å²) in [5.74, 6) is 0.875. The maximum atomic E-state index is 5.78. The fourth-order valence-electron chi connectivity index (χ4n) is 2.40. The Morgan fingerprint density at radius 3 is 1.96 bits per heavy atom. The summed E-state index contributed by atoms with van der Waals surface area (Å²) in [6.45, 7) is 10.4. The van der Waals surface area contributed by atoms with Crippen LogP contribution in [0.3, 0.4) is 0 Å². The molecule has 0 aliphatic heterocycles. The SMILES string of the molecule is CCc1ccc(N=Nc2ccc(OCCCCNC(C)(C)C)cc2)cc1. The van der Waals surface area contributed by atoms with Crippen LogP contribution in [0.25, 0.3) is 0 Å². The van der Waals surface area contributed by atoms with Gasteiger partial charge in [0.25, 0.3) is 0 Å². The topological polar surface area (TPSA) is 46.0 Å². The van der Waals surface area contributed by atoms with E-state index in [-0.39, 0.29) is 5.54 Å². The van der Waals surface area contributed by atoms with Gasteiger partial charge in [0.15, 0.2) is 0 Å². The molecule has 0 aliphatic carbocycles. The predicted molar refractivity (Wildman–Crippen MR) is 109 cm³/mol. The summed E-state index contributed by atoms with van der Waals surface area (Å²) in [5.41, 5.74) is 3.18. The number of hydrogen-bond donors (Lipinski definition) is 1. The highest BCUT2D eigenvalue weighted by atomic mass is 16.5. The highest BCUT2D eigenvalue weighted by Crippen LogP contribution is 2.21. The molecular formula is C22H31N3O. The molecule has 0 bridgehead atoms. The van der Waals surface area contributed by atoms with Gasteiger partial charge < -0.3 is 10.1 Å². The van der Waals surface area contributed by atoms with E-state index in [1.165, 1.54) is 5.56 Å². The standard InChI is InChI=1S/C22H31N3O/c1-5-18-8-10-19(11-9-18)24-25-20-12-14-21(15-13-20)26-17-7-6-16-23-22(2,3)4/h8-15,23H,5-7,16-17H2,1-4H3. The molecular weight excluding hydrogens is 322 g/mol. The van der Waals surface area contributed by atoms with Crippen molar-refractivity contribution in [2.24, 2.45) is 10.2 Å². The molecule has 0 radical (unpaired) electrons. The van der Waals surface area contributed by atoms with E-state index in [1.54, 1.807) is 0 Å². The Kier molecular flexibility index (Phi) is 7.79. The van der Waals surface area contributed by atoms with Crippen LogP contribution >= 0.6 is 0 Å². The first-order valence-electron chi connectivity index (χ1n) is 9.45. The zero-order chi connectivity index (χ0) is 18.8. The minimum atomic E-state index is 0.184. The third-order valence-electron chi connectivity index (χ3n) is 3.96. The molecule has 0 saturated carbocycles. The Labute approximate surface area is 157 Å². The quantitative estimate of drug-likeness (QED) is 0.430. The van der Waals surface area contributed by atoms with Crippen LogP contribution in [0.1, 0.15) is 46.1 Å². The Bertz CT molecular complexity index is 670. The van der Waals surface area contributed by atoms with Crippen LogP contribution < -0.4 is 10.1 Å². The largest absolute Gasteiger partial charge is 0.494 e. The van der Waals surface area contributed by atoms with Gasteiger partial charge in [0, 0.05) is 5.54 Å². The second kappa shape index (κ2) is 10.1. The first-order chi connectivity index (χ1) is 12.5. The lowest BCUT2D eigenvalue weighted by atomic mass is 10.1. The number of rotatable bonds is 9. The highest BCUT2D eigenvalue weighted by Gasteiger charge is 2.06. The van der Waals surface area contributed by atoms with Gasteiger partial charge in [-0.3, -0.25) is 0 Å². The number of nitrogens with one attached hydrogen (secondary N) is 1. The summed E-state index contributed by atoms with van der Waals surface area (Å²) in [5, 5.41) is 12.0. The lowest BCUT2D eigenvalue weighted by Gasteiger charge is -2.20. The molecule has 2 aromatic rings. The van der Waals surface area contributed by atoms with Crippen molar-refractivity contribution in [2.75, 3.05) is 13.2 Å². The first-order valence-corrected chi connectivity index (χ1v) is 9.45. The van der Waals surface area contributed by atoms with E-state index in [2.05, 4.69) is 55.4 Å². The van der Waals surface area contributed by atoms with Crippen LogP contribution in [0.4, 0.5) is 11.4 Å². The second-order valence-corrected chi connectivity index (χ2v) is 7.45. The number of unbranched alkanes of at least 4 members (excludes halogenated alkanes) is 1. The third-order valence-corrected chi connectivity index (χ3v) is 3.96. The zero-order valence-corrected chi connectivity index (χ0v) is 16.5.